The van der Waals surface area contributed by atoms with Crippen molar-refractivity contribution in [2.45, 2.75) is 125 Å². The maximum atomic E-state index is 15.7. The SMILES string of the molecule is CCOP(=O)(OCC)c1c(-n2ccc(-c3ccccc3-c3cn([C@H]4CCCN4C(=O)[C@@H](NC(=O)OC)C(C)C)cn3)c2)cc(C)c(-n2ccc(-c3ccccc3-c3cn([C@H]4CCCN4C(=O)[C@@H](NC(=O)OC)C(C)C)cn3)c2)c1C(C)(C)C. The number of nitrogens with one attached hydrogen (secondary N) is 2. The number of hydrogen-bond donors (Lipinski definition) is 2. The molecule has 9 rings (SSSR count). The Morgan fingerprint density at radius 3 is 1.51 bits per heavy atom. The van der Waals surface area contributed by atoms with Crippen LogP contribution in [0, 0.1) is 18.8 Å². The lowest BCUT2D eigenvalue weighted by atomic mass is 9.83. The van der Waals surface area contributed by atoms with Crippen molar-refractivity contribution < 1.29 is 42.3 Å². The summed E-state index contributed by atoms with van der Waals surface area (Å²) in [4.78, 5) is 65.9. The van der Waals surface area contributed by atoms with Crippen molar-refractivity contribution in [2.75, 3.05) is 40.5 Å². The van der Waals surface area contributed by atoms with Crippen molar-refractivity contribution in [1.82, 2.24) is 48.7 Å². The third-order valence-corrected chi connectivity index (χ3v) is 17.9. The quantitative estimate of drug-likeness (QED) is 0.0731. The van der Waals surface area contributed by atoms with E-state index in [0.717, 1.165) is 87.3 Å². The summed E-state index contributed by atoms with van der Waals surface area (Å²) in [6, 6.07) is 20.9. The van der Waals surface area contributed by atoms with Gasteiger partial charge in [-0.15, -0.1) is 0 Å². The number of alkyl carbamates (subject to hydrolysis) is 2. The first kappa shape index (κ1) is 59.9. The van der Waals surface area contributed by atoms with Gasteiger partial charge in [0.25, 0.3) is 0 Å². The number of carbonyl (C=O) groups excluding carboxylic acids is 4. The molecule has 0 aliphatic carbocycles. The van der Waals surface area contributed by atoms with Gasteiger partial charge in [-0.05, 0) is 104 Å². The molecule has 0 saturated carbocycles. The number of aryl methyl sites for hydroxylation is 1. The molecule has 83 heavy (non-hydrogen) atoms. The molecule has 2 aliphatic heterocycles. The highest BCUT2D eigenvalue weighted by atomic mass is 31.2. The Balaban J connectivity index is 1.07. The zero-order chi connectivity index (χ0) is 59.5. The van der Waals surface area contributed by atoms with Crippen molar-refractivity contribution in [1.29, 1.82) is 0 Å². The fourth-order valence-corrected chi connectivity index (χ4v) is 14.0. The average Bonchev–Trinajstić information content (AvgIpc) is 3.90. The average molecular weight is 1150 g/mol. The van der Waals surface area contributed by atoms with Crippen LogP contribution in [-0.2, 0) is 38.1 Å². The third kappa shape index (κ3) is 12.2. The summed E-state index contributed by atoms with van der Waals surface area (Å²) >= 11 is 0. The van der Waals surface area contributed by atoms with E-state index in [9.17, 15) is 19.2 Å². The van der Waals surface area contributed by atoms with E-state index >= 15 is 4.57 Å². The van der Waals surface area contributed by atoms with Gasteiger partial charge in [-0.3, -0.25) is 14.2 Å². The summed E-state index contributed by atoms with van der Waals surface area (Å²) in [5, 5.41) is 5.95. The summed E-state index contributed by atoms with van der Waals surface area (Å²) in [6.45, 7) is 21.1. The molecule has 2 N–H and O–H groups in total. The summed E-state index contributed by atoms with van der Waals surface area (Å²) in [5.41, 5.74) is 9.64. The Bertz CT molecular complexity index is 3520. The van der Waals surface area contributed by atoms with Gasteiger partial charge >= 0.3 is 19.8 Å². The molecule has 19 nitrogen and oxygen atoms in total. The van der Waals surface area contributed by atoms with Crippen LogP contribution >= 0.6 is 7.60 Å². The molecule has 440 valence electrons. The molecule has 0 bridgehead atoms. The van der Waals surface area contributed by atoms with Crippen molar-refractivity contribution >= 4 is 36.9 Å². The second kappa shape index (κ2) is 25.0. The largest absolute Gasteiger partial charge is 0.453 e. The number of carbonyl (C=O) groups is 4. The van der Waals surface area contributed by atoms with Crippen LogP contribution in [0.15, 0.2) is 117 Å². The number of hydrogen-bond acceptors (Lipinski definition) is 11. The fourth-order valence-electron chi connectivity index (χ4n) is 11.8. The zero-order valence-electron chi connectivity index (χ0n) is 49.8. The number of rotatable bonds is 19. The van der Waals surface area contributed by atoms with Crippen LogP contribution in [0.2, 0.25) is 0 Å². The summed E-state index contributed by atoms with van der Waals surface area (Å²) in [6.07, 6.45) is 16.9. The summed E-state index contributed by atoms with van der Waals surface area (Å²) in [5.74, 6) is -0.637. The van der Waals surface area contributed by atoms with Crippen molar-refractivity contribution in [3.63, 3.8) is 0 Å². The Hall–Kier alpha value is -7.73. The molecular formula is C63H79N10O9P. The van der Waals surface area contributed by atoms with Gasteiger partial charge in [0.15, 0.2) is 0 Å². The lowest BCUT2D eigenvalue weighted by Gasteiger charge is -2.32. The highest BCUT2D eigenvalue weighted by Gasteiger charge is 2.41. The third-order valence-electron chi connectivity index (χ3n) is 15.7. The zero-order valence-corrected chi connectivity index (χ0v) is 50.7. The number of aromatic nitrogens is 6. The smallest absolute Gasteiger partial charge is 0.407 e. The lowest BCUT2D eigenvalue weighted by Crippen LogP contribution is -2.51. The van der Waals surface area contributed by atoms with Crippen LogP contribution in [0.1, 0.15) is 111 Å². The molecule has 4 aromatic heterocycles. The van der Waals surface area contributed by atoms with Crippen molar-refractivity contribution in [2.24, 2.45) is 11.8 Å². The molecule has 6 heterocycles. The minimum absolute atomic E-state index is 0.149. The van der Waals surface area contributed by atoms with Gasteiger partial charge in [-0.2, -0.15) is 0 Å². The monoisotopic (exact) mass is 1150 g/mol. The normalized spacial score (nSPS) is 16.4. The number of benzene rings is 3. The molecule has 20 heteroatoms. The fraction of sp³-hybridized carbons (Fsp3) is 0.429. The maximum Gasteiger partial charge on any atom is 0.407 e. The number of imidazole rings is 2. The van der Waals surface area contributed by atoms with Gasteiger partial charge in [0.1, 0.15) is 24.4 Å². The Morgan fingerprint density at radius 2 is 1.08 bits per heavy atom. The standard InChI is InChI=1S/C63H79N10O9P/c1-13-81-83(78,82-14-2)58-51(68-31-27-43(34-68)45-21-15-17-23-47(45)49-36-70(38-64-49)52-25-19-29-72(52)59(74)55(40(3)4)66-61(76)79-11)33-42(7)57(54(58)63(8,9)10)69-32-28-44(35-69)46-22-16-18-24-48(46)50-37-71(39-65-50)53-26-20-30-73(53)60(75)56(41(5)6)67-62(77)80-12/h15-18,21-24,27-28,31-41,52-53,55-56H,13-14,19-20,25-26,29-30H2,1-12H3,(H,66,76)(H,67,77)/t52-,53-,55+,56+/m1/s1. The van der Waals surface area contributed by atoms with E-state index in [2.05, 4.69) is 73.4 Å². The summed E-state index contributed by atoms with van der Waals surface area (Å²) < 4.78 is 46.1. The molecule has 4 amide bonds. The Labute approximate surface area is 486 Å². The van der Waals surface area contributed by atoms with Gasteiger partial charge in [0, 0.05) is 72.5 Å². The summed E-state index contributed by atoms with van der Waals surface area (Å²) in [7, 11) is -1.45. The Kier molecular flexibility index (Phi) is 18.0. The molecule has 2 saturated heterocycles. The van der Waals surface area contributed by atoms with Gasteiger partial charge < -0.3 is 57.2 Å². The van der Waals surface area contributed by atoms with Crippen molar-refractivity contribution in [3.05, 3.63) is 128 Å². The van der Waals surface area contributed by atoms with Crippen LogP contribution in [0.5, 0.6) is 0 Å². The first-order valence-electron chi connectivity index (χ1n) is 28.7. The lowest BCUT2D eigenvalue weighted by molar-refractivity contribution is -0.137. The molecule has 4 atom stereocenters. The minimum atomic E-state index is -4.03. The Morgan fingerprint density at radius 1 is 0.651 bits per heavy atom. The van der Waals surface area contributed by atoms with Gasteiger partial charge in [-0.1, -0.05) is 97.0 Å². The van der Waals surface area contributed by atoms with Crippen LogP contribution < -0.4 is 15.9 Å². The maximum absolute atomic E-state index is 15.7. The highest BCUT2D eigenvalue weighted by Crippen LogP contribution is 2.53. The molecular weight excluding hydrogens is 1070 g/mol. The number of ether oxygens (including phenoxy) is 2. The van der Waals surface area contributed by atoms with Gasteiger partial charge in [-0.25, -0.2) is 19.6 Å². The molecule has 2 aliphatic rings. The number of methoxy groups -OCH3 is 2. The van der Waals surface area contributed by atoms with E-state index in [0.29, 0.717) is 24.1 Å². The second-order valence-electron chi connectivity index (χ2n) is 23.0. The van der Waals surface area contributed by atoms with E-state index in [4.69, 9.17) is 28.5 Å². The molecule has 2 fully saturated rings. The predicted molar refractivity (Wildman–Crippen MR) is 321 cm³/mol. The van der Waals surface area contributed by atoms with Crippen LogP contribution in [0.4, 0.5) is 9.59 Å². The van der Waals surface area contributed by atoms with Crippen LogP contribution in [0.3, 0.4) is 0 Å². The first-order valence-corrected chi connectivity index (χ1v) is 30.3. The second-order valence-corrected chi connectivity index (χ2v) is 25.0. The van der Waals surface area contributed by atoms with Gasteiger partial charge in [0.05, 0.1) is 68.2 Å². The van der Waals surface area contributed by atoms with Crippen molar-refractivity contribution in [3.8, 4) is 56.1 Å². The molecule has 0 unspecified atom stereocenters. The topological polar surface area (TPSA) is 198 Å². The molecule has 7 aromatic rings. The molecule has 3 aromatic carbocycles. The number of likely N-dealkylation sites (tertiary alicyclic amines) is 2. The predicted octanol–water partition coefficient (Wildman–Crippen LogP) is 11.8. The van der Waals surface area contributed by atoms with Gasteiger partial charge in [0.2, 0.25) is 11.8 Å². The van der Waals surface area contributed by atoms with Crippen LogP contribution in [-0.4, -0.2) is 115 Å². The minimum Gasteiger partial charge on any atom is -0.453 e. The van der Waals surface area contributed by atoms with E-state index in [1.165, 1.54) is 14.2 Å². The molecule has 0 spiro atoms. The number of nitrogens with zero attached hydrogens (tertiary/aromatic N) is 8. The van der Waals surface area contributed by atoms with E-state index in [1.54, 1.807) is 12.7 Å². The van der Waals surface area contributed by atoms with E-state index in [1.807, 2.05) is 138 Å². The number of amides is 4. The first-order chi connectivity index (χ1) is 39.7. The van der Waals surface area contributed by atoms with E-state index < -0.39 is 37.3 Å². The highest BCUT2D eigenvalue weighted by molar-refractivity contribution is 7.62. The molecule has 0 radical (unpaired) electrons. The van der Waals surface area contributed by atoms with Crippen LogP contribution in [0.25, 0.3) is 56.1 Å². The van der Waals surface area contributed by atoms with E-state index in [-0.39, 0.29) is 49.2 Å².